The lowest BCUT2D eigenvalue weighted by atomic mass is 10.1. The Morgan fingerprint density at radius 3 is 2.47 bits per heavy atom. The number of aryl methyl sites for hydroxylation is 1. The van der Waals surface area contributed by atoms with Gasteiger partial charge in [0.2, 0.25) is 5.91 Å². The molecule has 1 aliphatic carbocycles. The van der Waals surface area contributed by atoms with Crippen LogP contribution in [0.1, 0.15) is 48.8 Å². The van der Waals surface area contributed by atoms with Crippen molar-refractivity contribution in [3.8, 4) is 11.8 Å². The number of carboxylic acids is 1. The number of nitrogens with zero attached hydrogens (tertiary/aromatic N) is 1. The molecular formula is C25H28N4O3. The first-order chi connectivity index (χ1) is 15.3. The van der Waals surface area contributed by atoms with Crippen molar-refractivity contribution in [3.05, 3.63) is 59.2 Å². The lowest BCUT2D eigenvalue weighted by molar-refractivity contribution is -0.140. The fourth-order valence-corrected chi connectivity index (χ4v) is 3.98. The zero-order valence-corrected chi connectivity index (χ0v) is 18.1. The van der Waals surface area contributed by atoms with E-state index < -0.39 is 12.4 Å². The van der Waals surface area contributed by atoms with Crippen molar-refractivity contribution in [2.45, 2.75) is 45.1 Å². The van der Waals surface area contributed by atoms with Gasteiger partial charge in [-0.15, -0.1) is 0 Å². The molecule has 7 nitrogen and oxygen atoms in total. The second-order valence-electron chi connectivity index (χ2n) is 7.92. The first kappa shape index (κ1) is 22.9. The highest BCUT2D eigenvalue weighted by Crippen LogP contribution is 2.31. The van der Waals surface area contributed by atoms with E-state index in [2.05, 4.69) is 17.2 Å². The van der Waals surface area contributed by atoms with Crippen LogP contribution in [-0.2, 0) is 9.59 Å². The topological polar surface area (TPSA) is 120 Å². The number of carbonyl (C=O) groups excluding carboxylic acids is 1. The highest BCUT2D eigenvalue weighted by molar-refractivity contribution is 6.03. The van der Waals surface area contributed by atoms with Crippen LogP contribution in [0.5, 0.6) is 0 Å². The Hall–Kier alpha value is -3.79. The van der Waals surface area contributed by atoms with Gasteiger partial charge in [-0.25, -0.2) is 0 Å². The maximum Gasteiger partial charge on any atom is 0.312 e. The van der Waals surface area contributed by atoms with Crippen LogP contribution in [0.2, 0.25) is 0 Å². The van der Waals surface area contributed by atoms with Gasteiger partial charge in [0.05, 0.1) is 6.54 Å². The van der Waals surface area contributed by atoms with Crippen LogP contribution in [-0.4, -0.2) is 35.4 Å². The van der Waals surface area contributed by atoms with Gasteiger partial charge in [0.15, 0.2) is 0 Å². The number of benzene rings is 2. The molecule has 2 aromatic rings. The number of amides is 1. The molecule has 0 saturated heterocycles. The molecule has 0 atom stereocenters. The number of rotatable bonds is 7. The molecule has 0 unspecified atom stereocenters. The standard InChI is InChI=1S/C25H28N4O3/c1-17-15-18(5-4-14-28-20-11-9-19(10-12-20)25(26)27)8-13-22(17)29(21-6-2-3-7-21)23(30)16-24(31)32/h8-13,15,21,28H,2-3,6-7,14,16H2,1H3,(H3,26,27)(H,31,32). The molecule has 0 aliphatic heterocycles. The molecule has 1 saturated carbocycles. The van der Waals surface area contributed by atoms with Gasteiger partial charge in [-0.1, -0.05) is 24.7 Å². The third-order valence-corrected chi connectivity index (χ3v) is 5.53. The minimum absolute atomic E-state index is 0.0336. The largest absolute Gasteiger partial charge is 0.481 e. The molecule has 5 N–H and O–H groups in total. The van der Waals surface area contributed by atoms with Gasteiger partial charge in [0.25, 0.3) is 0 Å². The zero-order chi connectivity index (χ0) is 23.1. The predicted molar refractivity (Wildman–Crippen MR) is 126 cm³/mol. The summed E-state index contributed by atoms with van der Waals surface area (Å²) in [6.07, 6.45) is 3.39. The van der Waals surface area contributed by atoms with Gasteiger partial charge in [-0.3, -0.25) is 15.0 Å². The van der Waals surface area contributed by atoms with Crippen LogP contribution in [0.25, 0.3) is 0 Å². The van der Waals surface area contributed by atoms with E-state index in [1.54, 1.807) is 17.0 Å². The maximum absolute atomic E-state index is 12.7. The second-order valence-corrected chi connectivity index (χ2v) is 7.92. The Balaban J connectivity index is 1.69. The Bertz CT molecular complexity index is 1060. The number of hydrogen-bond acceptors (Lipinski definition) is 4. The third-order valence-electron chi connectivity index (χ3n) is 5.53. The fraction of sp³-hybridized carbons (Fsp3) is 0.320. The summed E-state index contributed by atoms with van der Waals surface area (Å²) in [4.78, 5) is 25.5. The zero-order valence-electron chi connectivity index (χ0n) is 18.1. The van der Waals surface area contributed by atoms with E-state index in [0.29, 0.717) is 12.1 Å². The molecule has 7 heteroatoms. The van der Waals surface area contributed by atoms with E-state index in [9.17, 15) is 9.59 Å². The first-order valence-corrected chi connectivity index (χ1v) is 10.7. The number of nitrogen functional groups attached to an aromatic ring is 1. The van der Waals surface area contributed by atoms with E-state index >= 15 is 0 Å². The number of nitrogens with two attached hydrogens (primary N) is 1. The van der Waals surface area contributed by atoms with Crippen molar-refractivity contribution in [2.75, 3.05) is 16.8 Å². The molecule has 1 fully saturated rings. The Kier molecular flexibility index (Phi) is 7.50. The van der Waals surface area contributed by atoms with Crippen molar-refractivity contribution < 1.29 is 14.7 Å². The Morgan fingerprint density at radius 1 is 1.19 bits per heavy atom. The summed E-state index contributed by atoms with van der Waals surface area (Å²) < 4.78 is 0. The quantitative estimate of drug-likeness (QED) is 0.231. The highest BCUT2D eigenvalue weighted by Gasteiger charge is 2.29. The van der Waals surface area contributed by atoms with Gasteiger partial charge in [-0.05, 0) is 67.8 Å². The van der Waals surface area contributed by atoms with Crippen molar-refractivity contribution in [2.24, 2.45) is 5.73 Å². The van der Waals surface area contributed by atoms with E-state index in [-0.39, 0.29) is 17.8 Å². The molecular weight excluding hydrogens is 404 g/mol. The molecule has 1 aliphatic rings. The normalized spacial score (nSPS) is 13.2. The number of amidine groups is 1. The van der Waals surface area contributed by atoms with Crippen molar-refractivity contribution >= 4 is 29.1 Å². The van der Waals surface area contributed by atoms with E-state index in [4.69, 9.17) is 16.2 Å². The van der Waals surface area contributed by atoms with Gasteiger partial charge in [-0.2, -0.15) is 0 Å². The molecule has 0 bridgehead atoms. The number of carboxylic acid groups (broad SMARTS) is 1. The Morgan fingerprint density at radius 2 is 1.88 bits per heavy atom. The van der Waals surface area contributed by atoms with Crippen molar-refractivity contribution in [1.29, 1.82) is 5.41 Å². The molecule has 32 heavy (non-hydrogen) atoms. The summed E-state index contributed by atoms with van der Waals surface area (Å²) in [5, 5.41) is 19.7. The summed E-state index contributed by atoms with van der Waals surface area (Å²) in [5.74, 6) is 4.75. The number of carbonyl (C=O) groups is 2. The van der Waals surface area contributed by atoms with Crippen LogP contribution in [0.3, 0.4) is 0 Å². The SMILES string of the molecule is Cc1cc(C#CCNc2ccc(C(=N)N)cc2)ccc1N(C(=O)CC(=O)O)C1CCCC1. The van der Waals surface area contributed by atoms with Crippen LogP contribution in [0, 0.1) is 24.2 Å². The predicted octanol–water partition coefficient (Wildman–Crippen LogP) is 3.49. The number of anilines is 2. The smallest absolute Gasteiger partial charge is 0.312 e. The minimum atomic E-state index is -1.11. The van der Waals surface area contributed by atoms with E-state index in [1.165, 1.54) is 0 Å². The molecule has 2 aromatic carbocycles. The summed E-state index contributed by atoms with van der Waals surface area (Å²) in [6, 6.07) is 13.0. The molecule has 3 rings (SSSR count). The van der Waals surface area contributed by atoms with Gasteiger partial charge < -0.3 is 21.1 Å². The minimum Gasteiger partial charge on any atom is -0.481 e. The van der Waals surface area contributed by atoms with Gasteiger partial charge >= 0.3 is 5.97 Å². The van der Waals surface area contributed by atoms with Crippen LogP contribution in [0.4, 0.5) is 11.4 Å². The maximum atomic E-state index is 12.7. The van der Waals surface area contributed by atoms with Crippen LogP contribution < -0.4 is 16.0 Å². The van der Waals surface area contributed by atoms with Crippen LogP contribution in [0.15, 0.2) is 42.5 Å². The highest BCUT2D eigenvalue weighted by atomic mass is 16.4. The second kappa shape index (κ2) is 10.5. The van der Waals surface area contributed by atoms with Crippen LogP contribution >= 0.6 is 0 Å². The first-order valence-electron chi connectivity index (χ1n) is 10.7. The summed E-state index contributed by atoms with van der Waals surface area (Å²) in [6.45, 7) is 2.37. The molecule has 0 radical (unpaired) electrons. The third kappa shape index (κ3) is 5.88. The average molecular weight is 433 g/mol. The lowest BCUT2D eigenvalue weighted by Crippen LogP contribution is -2.40. The monoisotopic (exact) mass is 432 g/mol. The summed E-state index contributed by atoms with van der Waals surface area (Å²) >= 11 is 0. The number of hydrogen-bond donors (Lipinski definition) is 4. The van der Waals surface area contributed by atoms with E-state index in [1.807, 2.05) is 37.3 Å². The molecule has 0 spiro atoms. The molecule has 0 aromatic heterocycles. The number of aliphatic carboxylic acids is 1. The molecule has 1 amide bonds. The van der Waals surface area contributed by atoms with Gasteiger partial charge in [0.1, 0.15) is 12.3 Å². The Labute approximate surface area is 188 Å². The molecule has 166 valence electrons. The summed E-state index contributed by atoms with van der Waals surface area (Å²) in [7, 11) is 0. The van der Waals surface area contributed by atoms with Gasteiger partial charge in [0, 0.05) is 28.5 Å². The van der Waals surface area contributed by atoms with Crippen molar-refractivity contribution in [3.63, 3.8) is 0 Å². The van der Waals surface area contributed by atoms with E-state index in [0.717, 1.165) is 48.2 Å². The fourth-order valence-electron chi connectivity index (χ4n) is 3.98. The van der Waals surface area contributed by atoms with Crippen molar-refractivity contribution in [1.82, 2.24) is 0 Å². The average Bonchev–Trinajstić information content (AvgIpc) is 3.27. The number of nitrogens with one attached hydrogen (secondary N) is 2. The molecule has 0 heterocycles. The summed E-state index contributed by atoms with van der Waals surface area (Å²) in [5.41, 5.74) is 9.51. The lowest BCUT2D eigenvalue weighted by Gasteiger charge is -2.30.